The Labute approximate surface area is 113 Å². The summed E-state index contributed by atoms with van der Waals surface area (Å²) in [4.78, 5) is 13.0. The van der Waals surface area contributed by atoms with Crippen molar-refractivity contribution in [1.82, 2.24) is 4.90 Å². The Morgan fingerprint density at radius 1 is 1.32 bits per heavy atom. The molecule has 0 spiro atoms. The highest BCUT2D eigenvalue weighted by Crippen LogP contribution is 2.16. The molecular weight excluding hydrogens is 266 g/mol. The number of nitrogens with zero attached hydrogens (tertiary/aromatic N) is 1. The summed E-state index contributed by atoms with van der Waals surface area (Å²) in [6, 6.07) is 8.95. The number of benzene rings is 1. The van der Waals surface area contributed by atoms with Crippen molar-refractivity contribution in [3.63, 3.8) is 0 Å². The summed E-state index contributed by atoms with van der Waals surface area (Å²) >= 11 is 0. The maximum Gasteiger partial charge on any atom is 0.312 e. The van der Waals surface area contributed by atoms with Crippen molar-refractivity contribution in [2.24, 2.45) is 0 Å². The lowest BCUT2D eigenvalue weighted by Gasteiger charge is -2.21. The van der Waals surface area contributed by atoms with E-state index < -0.39 is 21.7 Å². The second-order valence-electron chi connectivity index (χ2n) is 4.69. The van der Waals surface area contributed by atoms with Gasteiger partial charge >= 0.3 is 5.97 Å². The summed E-state index contributed by atoms with van der Waals surface area (Å²) in [5, 5.41) is 9.26. The number of likely N-dealkylation sites (N-methyl/N-ethyl adjacent to an activating group) is 1. The Morgan fingerprint density at radius 2 is 1.89 bits per heavy atom. The number of carboxylic acid groups (broad SMARTS) is 1. The molecule has 1 aromatic carbocycles. The van der Waals surface area contributed by atoms with Crippen LogP contribution in [0.3, 0.4) is 0 Å². The normalized spacial score (nSPS) is 13.4. The lowest BCUT2D eigenvalue weighted by Crippen LogP contribution is -2.32. The highest BCUT2D eigenvalue weighted by atomic mass is 32.2. The fourth-order valence-corrected chi connectivity index (χ4v) is 2.38. The fourth-order valence-electron chi connectivity index (χ4n) is 1.74. The molecule has 0 bridgehead atoms. The molecule has 1 rings (SSSR count). The summed E-state index contributed by atoms with van der Waals surface area (Å²) in [5.41, 5.74) is 0.723. The van der Waals surface area contributed by atoms with Crippen LogP contribution in [-0.2, 0) is 14.6 Å². The van der Waals surface area contributed by atoms with Crippen LogP contribution in [0.5, 0.6) is 0 Å². The maximum absolute atomic E-state index is 11.3. The van der Waals surface area contributed by atoms with Crippen molar-refractivity contribution in [2.45, 2.75) is 5.92 Å². The van der Waals surface area contributed by atoms with Crippen molar-refractivity contribution in [1.29, 1.82) is 0 Å². The molecule has 5 nitrogen and oxygen atoms in total. The molecular formula is C13H19NO4S. The van der Waals surface area contributed by atoms with Gasteiger partial charge in [-0.25, -0.2) is 8.42 Å². The Morgan fingerprint density at radius 3 is 2.37 bits per heavy atom. The van der Waals surface area contributed by atoms with E-state index in [0.717, 1.165) is 5.56 Å². The molecule has 0 saturated carbocycles. The molecule has 1 N–H and O–H groups in total. The van der Waals surface area contributed by atoms with Gasteiger partial charge in [-0.1, -0.05) is 30.3 Å². The van der Waals surface area contributed by atoms with E-state index in [1.165, 1.54) is 6.26 Å². The van der Waals surface area contributed by atoms with E-state index in [1.54, 1.807) is 36.2 Å². The van der Waals surface area contributed by atoms with Gasteiger partial charge in [0.25, 0.3) is 0 Å². The molecule has 0 amide bonds. The van der Waals surface area contributed by atoms with E-state index in [4.69, 9.17) is 0 Å². The van der Waals surface area contributed by atoms with Gasteiger partial charge in [0.2, 0.25) is 0 Å². The van der Waals surface area contributed by atoms with Crippen molar-refractivity contribution < 1.29 is 18.3 Å². The van der Waals surface area contributed by atoms with Crippen LogP contribution in [0.25, 0.3) is 0 Å². The molecule has 0 aliphatic carbocycles. The van der Waals surface area contributed by atoms with Gasteiger partial charge in [0.05, 0.1) is 11.7 Å². The zero-order valence-electron chi connectivity index (χ0n) is 11.1. The molecule has 19 heavy (non-hydrogen) atoms. The molecule has 0 radical (unpaired) electrons. The van der Waals surface area contributed by atoms with E-state index in [1.807, 2.05) is 6.07 Å². The van der Waals surface area contributed by atoms with Gasteiger partial charge in [-0.3, -0.25) is 4.79 Å². The zero-order valence-corrected chi connectivity index (χ0v) is 11.9. The smallest absolute Gasteiger partial charge is 0.312 e. The molecule has 0 saturated heterocycles. The minimum Gasteiger partial charge on any atom is -0.481 e. The first-order valence-corrected chi connectivity index (χ1v) is 7.99. The summed E-state index contributed by atoms with van der Waals surface area (Å²) in [5.74, 6) is -1.52. The Bertz CT molecular complexity index is 513. The average Bonchev–Trinajstić information content (AvgIpc) is 2.33. The number of sulfone groups is 1. The molecule has 1 atom stereocenters. The van der Waals surface area contributed by atoms with Crippen LogP contribution >= 0.6 is 0 Å². The quantitative estimate of drug-likeness (QED) is 0.803. The number of aliphatic carboxylic acids is 1. The van der Waals surface area contributed by atoms with Gasteiger partial charge in [0.15, 0.2) is 0 Å². The minimum absolute atomic E-state index is 0.0324. The number of hydrogen-bond donors (Lipinski definition) is 1. The van der Waals surface area contributed by atoms with Crippen LogP contribution in [0.2, 0.25) is 0 Å². The van der Waals surface area contributed by atoms with E-state index in [0.29, 0.717) is 6.54 Å². The highest BCUT2D eigenvalue weighted by molar-refractivity contribution is 7.90. The van der Waals surface area contributed by atoms with Gasteiger partial charge in [-0.15, -0.1) is 0 Å². The Hall–Kier alpha value is -1.40. The summed E-state index contributed by atoms with van der Waals surface area (Å²) in [6.07, 6.45) is 1.17. The van der Waals surface area contributed by atoms with Gasteiger partial charge in [0, 0.05) is 19.3 Å². The maximum atomic E-state index is 11.3. The third-order valence-electron chi connectivity index (χ3n) is 2.84. The highest BCUT2D eigenvalue weighted by Gasteiger charge is 2.21. The van der Waals surface area contributed by atoms with Gasteiger partial charge in [-0.2, -0.15) is 0 Å². The monoisotopic (exact) mass is 285 g/mol. The molecule has 0 aromatic heterocycles. The van der Waals surface area contributed by atoms with Gasteiger partial charge in [0.1, 0.15) is 9.84 Å². The first-order chi connectivity index (χ1) is 8.79. The largest absolute Gasteiger partial charge is 0.481 e. The van der Waals surface area contributed by atoms with E-state index in [2.05, 4.69) is 0 Å². The second-order valence-corrected chi connectivity index (χ2v) is 6.95. The first-order valence-electron chi connectivity index (χ1n) is 5.93. The second kappa shape index (κ2) is 6.68. The summed E-state index contributed by atoms with van der Waals surface area (Å²) in [6.45, 7) is 0.615. The van der Waals surface area contributed by atoms with Crippen LogP contribution in [-0.4, -0.2) is 56.5 Å². The van der Waals surface area contributed by atoms with Crippen LogP contribution in [0.4, 0.5) is 0 Å². The van der Waals surface area contributed by atoms with Crippen molar-refractivity contribution in [3.8, 4) is 0 Å². The standard InChI is InChI=1S/C13H19NO4S/c1-14(8-9-19(2,17)18)10-12(13(15)16)11-6-4-3-5-7-11/h3-7,12H,8-10H2,1-2H3,(H,15,16). The predicted octanol–water partition coefficient (Wildman–Crippen LogP) is 0.831. The third-order valence-corrected chi connectivity index (χ3v) is 3.76. The SMILES string of the molecule is CN(CCS(C)(=O)=O)CC(C(=O)O)c1ccccc1. The average molecular weight is 285 g/mol. The first kappa shape index (κ1) is 15.7. The molecule has 0 aliphatic rings. The Balaban J connectivity index is 2.67. The molecule has 6 heteroatoms. The van der Waals surface area contributed by atoms with Crippen LogP contribution < -0.4 is 0 Å². The lowest BCUT2D eigenvalue weighted by atomic mass is 9.99. The number of hydrogen-bond acceptors (Lipinski definition) is 4. The fraction of sp³-hybridized carbons (Fsp3) is 0.462. The summed E-state index contributed by atoms with van der Waals surface area (Å²) in [7, 11) is -1.30. The van der Waals surface area contributed by atoms with Crippen LogP contribution in [0.1, 0.15) is 11.5 Å². The lowest BCUT2D eigenvalue weighted by molar-refractivity contribution is -0.139. The Kier molecular flexibility index (Phi) is 5.50. The van der Waals surface area contributed by atoms with Gasteiger partial charge in [-0.05, 0) is 12.6 Å². The molecule has 106 valence electrons. The predicted molar refractivity (Wildman–Crippen MR) is 74.0 cm³/mol. The van der Waals surface area contributed by atoms with Crippen LogP contribution in [0, 0.1) is 0 Å². The number of carboxylic acids is 1. The van der Waals surface area contributed by atoms with Crippen molar-refractivity contribution >= 4 is 15.8 Å². The molecule has 0 aliphatic heterocycles. The topological polar surface area (TPSA) is 74.7 Å². The number of rotatable bonds is 7. The summed E-state index contributed by atoms with van der Waals surface area (Å²) < 4.78 is 22.2. The van der Waals surface area contributed by atoms with Gasteiger partial charge < -0.3 is 10.0 Å². The zero-order chi connectivity index (χ0) is 14.5. The third kappa shape index (κ3) is 5.85. The molecule has 0 heterocycles. The van der Waals surface area contributed by atoms with Crippen molar-refractivity contribution in [2.75, 3.05) is 32.1 Å². The molecule has 1 aromatic rings. The van der Waals surface area contributed by atoms with Crippen LogP contribution in [0.15, 0.2) is 30.3 Å². The van der Waals surface area contributed by atoms with Crippen molar-refractivity contribution in [3.05, 3.63) is 35.9 Å². The minimum atomic E-state index is -3.03. The number of carbonyl (C=O) groups is 1. The van der Waals surface area contributed by atoms with E-state index in [-0.39, 0.29) is 12.3 Å². The molecule has 0 fully saturated rings. The van der Waals surface area contributed by atoms with E-state index >= 15 is 0 Å². The molecule has 1 unspecified atom stereocenters. The van der Waals surface area contributed by atoms with E-state index in [9.17, 15) is 18.3 Å².